The van der Waals surface area contributed by atoms with E-state index in [1.807, 2.05) is 6.07 Å². The van der Waals surface area contributed by atoms with E-state index in [2.05, 4.69) is 10.6 Å². The average molecular weight is 471 g/mol. The second kappa shape index (κ2) is 15.2. The number of ether oxygens (including phenoxy) is 3. The molecule has 0 aromatic heterocycles. The van der Waals surface area contributed by atoms with Crippen molar-refractivity contribution in [2.75, 3.05) is 20.0 Å². The molecule has 0 aliphatic carbocycles. The van der Waals surface area contributed by atoms with Gasteiger partial charge < -0.3 is 30.0 Å². The summed E-state index contributed by atoms with van der Waals surface area (Å²) in [6, 6.07) is 6.64. The predicted octanol–water partition coefficient (Wildman–Crippen LogP) is 1.92. The van der Waals surface area contributed by atoms with Crippen LogP contribution in [0.3, 0.4) is 0 Å². The van der Waals surface area contributed by atoms with Crippen LogP contribution in [0, 0.1) is 0 Å². The normalized spacial score (nSPS) is 12.6. The first-order valence-electron chi connectivity index (χ1n) is 9.96. The van der Waals surface area contributed by atoms with Gasteiger partial charge in [-0.25, -0.2) is 9.59 Å². The molecule has 0 saturated carbocycles. The van der Waals surface area contributed by atoms with Gasteiger partial charge in [0.15, 0.2) is 11.4 Å². The minimum absolute atomic E-state index is 0.00121. The van der Waals surface area contributed by atoms with Crippen molar-refractivity contribution in [2.45, 2.75) is 51.2 Å². The van der Waals surface area contributed by atoms with Gasteiger partial charge >= 0.3 is 12.1 Å². The number of rotatable bonds is 14. The van der Waals surface area contributed by atoms with Crippen molar-refractivity contribution in [3.05, 3.63) is 35.9 Å². The lowest BCUT2D eigenvalue weighted by atomic mass is 10.1. The molecule has 32 heavy (non-hydrogen) atoms. The van der Waals surface area contributed by atoms with Crippen LogP contribution < -0.4 is 10.6 Å². The minimum Gasteiger partial charge on any atom is -0.480 e. The predicted molar refractivity (Wildman–Crippen MR) is 118 cm³/mol. The highest BCUT2D eigenvalue weighted by molar-refractivity contribution is 8.13. The van der Waals surface area contributed by atoms with E-state index in [9.17, 15) is 24.3 Å². The highest BCUT2D eigenvalue weighted by Gasteiger charge is 2.27. The molecule has 0 radical (unpaired) electrons. The number of aliphatic carboxylic acids is 1. The lowest BCUT2D eigenvalue weighted by molar-refractivity contribution is -0.142. The third-order valence-corrected chi connectivity index (χ3v) is 5.25. The number of alkyl carbamates (subject to hydrolysis) is 1. The Kier molecular flexibility index (Phi) is 13.0. The van der Waals surface area contributed by atoms with Crippen molar-refractivity contribution in [1.82, 2.24) is 10.6 Å². The quantitative estimate of drug-likeness (QED) is 0.348. The van der Waals surface area contributed by atoms with Crippen molar-refractivity contribution in [1.29, 1.82) is 0 Å². The molecular weight excluding hydrogens is 440 g/mol. The SMILES string of the molecule is COC(CCCC(NC(=O)[C@H](CSC(C)=O)NC(=O)OCc1ccccc1)C(=O)O)OC. The molecule has 1 aromatic rings. The van der Waals surface area contributed by atoms with E-state index in [0.29, 0.717) is 12.8 Å². The van der Waals surface area contributed by atoms with Gasteiger partial charge in [0, 0.05) is 26.9 Å². The summed E-state index contributed by atoms with van der Waals surface area (Å²) in [7, 11) is 2.95. The maximum Gasteiger partial charge on any atom is 0.408 e. The number of benzene rings is 1. The number of carboxylic acid groups (broad SMARTS) is 1. The fraction of sp³-hybridized carbons (Fsp3) is 0.524. The summed E-state index contributed by atoms with van der Waals surface area (Å²) in [6.45, 7) is 1.33. The summed E-state index contributed by atoms with van der Waals surface area (Å²) < 4.78 is 15.2. The summed E-state index contributed by atoms with van der Waals surface area (Å²) in [4.78, 5) is 47.7. The number of carbonyl (C=O) groups is 4. The topological polar surface area (TPSA) is 140 Å². The molecule has 1 aromatic carbocycles. The third-order valence-electron chi connectivity index (χ3n) is 4.35. The van der Waals surface area contributed by atoms with Crippen LogP contribution in [0.5, 0.6) is 0 Å². The zero-order valence-corrected chi connectivity index (χ0v) is 19.2. The summed E-state index contributed by atoms with van der Waals surface area (Å²) in [6.07, 6.45) is -0.326. The number of hydrogen-bond acceptors (Lipinski definition) is 8. The molecule has 0 spiro atoms. The van der Waals surface area contributed by atoms with Crippen LogP contribution in [0.4, 0.5) is 4.79 Å². The van der Waals surface area contributed by atoms with Crippen LogP contribution in [-0.2, 0) is 35.2 Å². The molecule has 10 nitrogen and oxygen atoms in total. The van der Waals surface area contributed by atoms with Gasteiger partial charge in [0.1, 0.15) is 18.7 Å². The number of carboxylic acids is 1. The van der Waals surface area contributed by atoms with E-state index < -0.39 is 36.3 Å². The van der Waals surface area contributed by atoms with Crippen molar-refractivity contribution in [3.63, 3.8) is 0 Å². The molecule has 2 amide bonds. The number of nitrogens with one attached hydrogen (secondary N) is 2. The molecule has 3 N–H and O–H groups in total. The van der Waals surface area contributed by atoms with Crippen molar-refractivity contribution >= 4 is 34.8 Å². The zero-order chi connectivity index (χ0) is 23.9. The molecule has 11 heteroatoms. The van der Waals surface area contributed by atoms with Crippen LogP contribution in [0.2, 0.25) is 0 Å². The van der Waals surface area contributed by atoms with E-state index in [1.165, 1.54) is 21.1 Å². The largest absolute Gasteiger partial charge is 0.480 e. The molecule has 0 fully saturated rings. The monoisotopic (exact) mass is 470 g/mol. The molecule has 0 bridgehead atoms. The fourth-order valence-corrected chi connectivity index (χ4v) is 3.28. The molecule has 0 saturated heterocycles. The van der Waals surface area contributed by atoms with Gasteiger partial charge in [-0.3, -0.25) is 9.59 Å². The van der Waals surface area contributed by atoms with Gasteiger partial charge in [-0.15, -0.1) is 0 Å². The number of amides is 2. The lowest BCUT2D eigenvalue weighted by Crippen LogP contribution is -2.52. The van der Waals surface area contributed by atoms with Crippen LogP contribution in [0.25, 0.3) is 0 Å². The number of hydrogen-bond donors (Lipinski definition) is 3. The highest BCUT2D eigenvalue weighted by Crippen LogP contribution is 2.10. The van der Waals surface area contributed by atoms with Crippen LogP contribution in [0.1, 0.15) is 31.7 Å². The van der Waals surface area contributed by atoms with Gasteiger partial charge in [-0.05, 0) is 24.8 Å². The lowest BCUT2D eigenvalue weighted by Gasteiger charge is -2.21. The fourth-order valence-electron chi connectivity index (χ4n) is 2.64. The van der Waals surface area contributed by atoms with Gasteiger partial charge in [0.05, 0.1) is 0 Å². The van der Waals surface area contributed by atoms with Gasteiger partial charge in [-0.1, -0.05) is 42.1 Å². The minimum atomic E-state index is -1.21. The first-order valence-corrected chi connectivity index (χ1v) is 10.9. The molecule has 0 aliphatic rings. The molecule has 1 unspecified atom stereocenters. The molecule has 0 heterocycles. The second-order valence-corrected chi connectivity index (χ2v) is 7.99. The Bertz CT molecular complexity index is 743. The Morgan fingerprint density at radius 2 is 1.66 bits per heavy atom. The molecular formula is C21H30N2O8S. The summed E-state index contributed by atoms with van der Waals surface area (Å²) in [5.74, 6) is -2.00. The first kappa shape index (κ1) is 27.4. The number of thioether (sulfide) groups is 1. The van der Waals surface area contributed by atoms with Gasteiger partial charge in [-0.2, -0.15) is 0 Å². The molecule has 178 valence electrons. The van der Waals surface area contributed by atoms with Gasteiger partial charge in [0.2, 0.25) is 5.91 Å². The Labute approximate surface area is 191 Å². The molecule has 1 rings (SSSR count). The standard InChI is InChI=1S/C21H30N2O8S/c1-14(24)32-13-17(23-21(28)31-12-15-8-5-4-6-9-15)19(25)22-16(20(26)27)10-7-11-18(29-2)30-3/h4-6,8-9,16-18H,7,10-13H2,1-3H3,(H,22,25)(H,23,28)(H,26,27)/t16?,17-/m0/s1. The maximum absolute atomic E-state index is 12.7. The van der Waals surface area contributed by atoms with Crippen molar-refractivity contribution in [2.24, 2.45) is 0 Å². The van der Waals surface area contributed by atoms with E-state index >= 15 is 0 Å². The molecule has 2 atom stereocenters. The number of methoxy groups -OCH3 is 2. The Balaban J connectivity index is 2.68. The summed E-state index contributed by atoms with van der Waals surface area (Å²) in [5, 5.41) is 14.0. The second-order valence-electron chi connectivity index (χ2n) is 6.79. The van der Waals surface area contributed by atoms with Crippen LogP contribution in [0.15, 0.2) is 30.3 Å². The van der Waals surface area contributed by atoms with Crippen LogP contribution in [-0.4, -0.2) is 66.5 Å². The maximum atomic E-state index is 12.7. The van der Waals surface area contributed by atoms with Crippen molar-refractivity contribution < 1.29 is 38.5 Å². The smallest absolute Gasteiger partial charge is 0.408 e. The van der Waals surface area contributed by atoms with E-state index in [-0.39, 0.29) is 23.9 Å². The summed E-state index contributed by atoms with van der Waals surface area (Å²) >= 11 is 0.837. The van der Waals surface area contributed by atoms with Crippen molar-refractivity contribution in [3.8, 4) is 0 Å². The Morgan fingerprint density at radius 3 is 2.22 bits per heavy atom. The van der Waals surface area contributed by atoms with E-state index in [1.54, 1.807) is 24.3 Å². The average Bonchev–Trinajstić information content (AvgIpc) is 2.77. The Morgan fingerprint density at radius 1 is 1.00 bits per heavy atom. The van der Waals surface area contributed by atoms with E-state index in [4.69, 9.17) is 14.2 Å². The van der Waals surface area contributed by atoms with Gasteiger partial charge in [0.25, 0.3) is 0 Å². The number of carbonyl (C=O) groups excluding carboxylic acids is 3. The third kappa shape index (κ3) is 11.1. The zero-order valence-electron chi connectivity index (χ0n) is 18.4. The summed E-state index contributed by atoms with van der Waals surface area (Å²) in [5.41, 5.74) is 0.762. The van der Waals surface area contributed by atoms with E-state index in [0.717, 1.165) is 17.3 Å². The molecule has 0 aliphatic heterocycles. The highest BCUT2D eigenvalue weighted by atomic mass is 32.2. The first-order chi connectivity index (χ1) is 15.3. The van der Waals surface area contributed by atoms with Crippen LogP contribution >= 0.6 is 11.8 Å². The Hall–Kier alpha value is -2.63.